The first-order chi connectivity index (χ1) is 10.2. The van der Waals surface area contributed by atoms with Crippen LogP contribution >= 0.6 is 0 Å². The second-order valence-electron chi connectivity index (χ2n) is 4.87. The molecule has 0 aromatic heterocycles. The highest BCUT2D eigenvalue weighted by Gasteiger charge is 2.00. The fourth-order valence-corrected chi connectivity index (χ4v) is 2.24. The van der Waals surface area contributed by atoms with Gasteiger partial charge in [-0.25, -0.2) is 4.79 Å². The first-order valence-corrected chi connectivity index (χ1v) is 6.73. The summed E-state index contributed by atoms with van der Waals surface area (Å²) < 4.78 is 0. The number of carboxylic acid groups (broad SMARTS) is 1. The molecule has 0 spiro atoms. The van der Waals surface area contributed by atoms with Gasteiger partial charge in [0.2, 0.25) is 0 Å². The maximum Gasteiger partial charge on any atom is 0.335 e. The lowest BCUT2D eigenvalue weighted by Crippen LogP contribution is -1.94. The highest BCUT2D eigenvalue weighted by atomic mass is 16.4. The van der Waals surface area contributed by atoms with E-state index in [1.54, 1.807) is 24.3 Å². The summed E-state index contributed by atoms with van der Waals surface area (Å²) in [6.45, 7) is 0. The molecule has 3 aromatic rings. The highest BCUT2D eigenvalue weighted by Crippen LogP contribution is 2.17. The van der Waals surface area contributed by atoms with E-state index in [2.05, 4.69) is 30.3 Å². The topological polar surface area (TPSA) is 37.3 Å². The summed E-state index contributed by atoms with van der Waals surface area (Å²) in [6.07, 6.45) is 4.01. The lowest BCUT2D eigenvalue weighted by atomic mass is 10.1. The average Bonchev–Trinajstić information content (AvgIpc) is 2.53. The molecule has 0 atom stereocenters. The number of fused-ring (bicyclic) bond motifs is 1. The second-order valence-corrected chi connectivity index (χ2v) is 4.87. The Morgan fingerprint density at radius 1 is 0.762 bits per heavy atom. The fraction of sp³-hybridized carbons (Fsp3) is 0. The molecule has 102 valence electrons. The molecular weight excluding hydrogens is 260 g/mol. The van der Waals surface area contributed by atoms with Gasteiger partial charge in [0.25, 0.3) is 0 Å². The minimum Gasteiger partial charge on any atom is -0.478 e. The van der Waals surface area contributed by atoms with Gasteiger partial charge in [0.05, 0.1) is 5.56 Å². The van der Waals surface area contributed by atoms with Crippen molar-refractivity contribution in [1.82, 2.24) is 0 Å². The van der Waals surface area contributed by atoms with Gasteiger partial charge in [-0.05, 0) is 40.1 Å². The largest absolute Gasteiger partial charge is 0.478 e. The Kier molecular flexibility index (Phi) is 3.52. The average molecular weight is 274 g/mol. The SMILES string of the molecule is O=C(O)c1ccc(C=Cc2ccc3ccccc3c2)cc1. The Morgan fingerprint density at radius 3 is 2.10 bits per heavy atom. The molecule has 3 rings (SSSR count). The smallest absolute Gasteiger partial charge is 0.335 e. The molecule has 2 heteroatoms. The van der Waals surface area contributed by atoms with Crippen molar-refractivity contribution in [2.24, 2.45) is 0 Å². The quantitative estimate of drug-likeness (QED) is 0.702. The van der Waals surface area contributed by atoms with Gasteiger partial charge < -0.3 is 5.11 Å². The molecule has 0 aliphatic rings. The molecule has 0 aliphatic carbocycles. The number of benzene rings is 3. The van der Waals surface area contributed by atoms with Crippen LogP contribution in [0.1, 0.15) is 21.5 Å². The van der Waals surface area contributed by atoms with Gasteiger partial charge in [0, 0.05) is 0 Å². The van der Waals surface area contributed by atoms with E-state index >= 15 is 0 Å². The van der Waals surface area contributed by atoms with Crippen molar-refractivity contribution >= 4 is 28.9 Å². The van der Waals surface area contributed by atoms with Crippen LogP contribution in [0.4, 0.5) is 0 Å². The lowest BCUT2D eigenvalue weighted by Gasteiger charge is -2.00. The van der Waals surface area contributed by atoms with E-state index in [4.69, 9.17) is 5.11 Å². The molecule has 0 unspecified atom stereocenters. The van der Waals surface area contributed by atoms with Gasteiger partial charge in [0.15, 0.2) is 0 Å². The second kappa shape index (κ2) is 5.63. The van der Waals surface area contributed by atoms with Gasteiger partial charge in [-0.2, -0.15) is 0 Å². The molecule has 0 saturated carbocycles. The molecule has 1 N–H and O–H groups in total. The van der Waals surface area contributed by atoms with Crippen molar-refractivity contribution < 1.29 is 9.90 Å². The number of hydrogen-bond acceptors (Lipinski definition) is 1. The van der Waals surface area contributed by atoms with Crippen LogP contribution in [-0.4, -0.2) is 11.1 Å². The Bertz CT molecular complexity index is 814. The molecule has 0 heterocycles. The molecule has 0 bridgehead atoms. The van der Waals surface area contributed by atoms with Crippen LogP contribution < -0.4 is 0 Å². The lowest BCUT2D eigenvalue weighted by molar-refractivity contribution is 0.0697. The summed E-state index contributed by atoms with van der Waals surface area (Å²) in [5.74, 6) is -0.903. The monoisotopic (exact) mass is 274 g/mol. The first-order valence-electron chi connectivity index (χ1n) is 6.73. The molecular formula is C19H14O2. The third kappa shape index (κ3) is 3.00. The van der Waals surface area contributed by atoms with Crippen molar-refractivity contribution in [2.45, 2.75) is 0 Å². The molecule has 3 aromatic carbocycles. The zero-order valence-corrected chi connectivity index (χ0v) is 11.4. The first kappa shape index (κ1) is 13.1. The molecule has 0 fully saturated rings. The van der Waals surface area contributed by atoms with Crippen molar-refractivity contribution in [3.63, 3.8) is 0 Å². The van der Waals surface area contributed by atoms with Crippen LogP contribution in [-0.2, 0) is 0 Å². The number of carbonyl (C=O) groups is 1. The highest BCUT2D eigenvalue weighted by molar-refractivity contribution is 5.88. The van der Waals surface area contributed by atoms with E-state index in [0.717, 1.165) is 11.1 Å². The molecule has 0 saturated heterocycles. The predicted molar refractivity (Wildman–Crippen MR) is 86.3 cm³/mol. The molecule has 0 radical (unpaired) electrons. The molecule has 0 amide bonds. The van der Waals surface area contributed by atoms with Crippen molar-refractivity contribution in [3.8, 4) is 0 Å². The van der Waals surface area contributed by atoms with Crippen molar-refractivity contribution in [3.05, 3.63) is 83.4 Å². The van der Waals surface area contributed by atoms with Crippen LogP contribution in [0.2, 0.25) is 0 Å². The van der Waals surface area contributed by atoms with Gasteiger partial charge in [0.1, 0.15) is 0 Å². The van der Waals surface area contributed by atoms with Crippen LogP contribution in [0.15, 0.2) is 66.7 Å². The Morgan fingerprint density at radius 2 is 1.38 bits per heavy atom. The van der Waals surface area contributed by atoms with E-state index in [-0.39, 0.29) is 0 Å². The van der Waals surface area contributed by atoms with Crippen LogP contribution in [0, 0.1) is 0 Å². The molecule has 2 nitrogen and oxygen atoms in total. The van der Waals surface area contributed by atoms with E-state index in [9.17, 15) is 4.79 Å². The van der Waals surface area contributed by atoms with Crippen molar-refractivity contribution in [1.29, 1.82) is 0 Å². The molecule has 21 heavy (non-hydrogen) atoms. The zero-order chi connectivity index (χ0) is 14.7. The zero-order valence-electron chi connectivity index (χ0n) is 11.4. The van der Waals surface area contributed by atoms with Gasteiger partial charge in [-0.15, -0.1) is 0 Å². The van der Waals surface area contributed by atoms with E-state index in [0.29, 0.717) is 5.56 Å². The Hall–Kier alpha value is -2.87. The Labute approximate surface area is 123 Å². The summed E-state index contributed by atoms with van der Waals surface area (Å²) in [4.78, 5) is 10.8. The summed E-state index contributed by atoms with van der Waals surface area (Å²) in [6, 6.07) is 21.4. The summed E-state index contributed by atoms with van der Waals surface area (Å²) in [5.41, 5.74) is 2.40. The van der Waals surface area contributed by atoms with E-state index in [1.807, 2.05) is 24.3 Å². The number of aromatic carboxylic acids is 1. The minimum atomic E-state index is -0.903. The summed E-state index contributed by atoms with van der Waals surface area (Å²) in [7, 11) is 0. The van der Waals surface area contributed by atoms with Gasteiger partial charge in [-0.1, -0.05) is 60.7 Å². The fourth-order valence-electron chi connectivity index (χ4n) is 2.24. The number of rotatable bonds is 3. The molecule has 0 aliphatic heterocycles. The number of carboxylic acids is 1. The van der Waals surface area contributed by atoms with Gasteiger partial charge >= 0.3 is 5.97 Å². The van der Waals surface area contributed by atoms with E-state index < -0.39 is 5.97 Å². The maximum absolute atomic E-state index is 10.8. The Balaban J connectivity index is 1.85. The normalized spacial score (nSPS) is 11.0. The van der Waals surface area contributed by atoms with E-state index in [1.165, 1.54) is 10.8 Å². The third-order valence-corrected chi connectivity index (χ3v) is 3.40. The van der Waals surface area contributed by atoms with Crippen LogP contribution in [0.3, 0.4) is 0 Å². The summed E-state index contributed by atoms with van der Waals surface area (Å²) >= 11 is 0. The third-order valence-electron chi connectivity index (χ3n) is 3.40. The van der Waals surface area contributed by atoms with Gasteiger partial charge in [-0.3, -0.25) is 0 Å². The number of hydrogen-bond donors (Lipinski definition) is 1. The van der Waals surface area contributed by atoms with Crippen LogP contribution in [0.5, 0.6) is 0 Å². The standard InChI is InChI=1S/C19H14O2/c20-19(21)17-11-7-14(8-12-17)5-6-15-9-10-16-3-1-2-4-18(16)13-15/h1-13H,(H,20,21). The van der Waals surface area contributed by atoms with Crippen LogP contribution in [0.25, 0.3) is 22.9 Å². The van der Waals surface area contributed by atoms with Crippen molar-refractivity contribution in [2.75, 3.05) is 0 Å². The summed E-state index contributed by atoms with van der Waals surface area (Å²) in [5, 5.41) is 11.3. The predicted octanol–water partition coefficient (Wildman–Crippen LogP) is 4.71. The minimum absolute atomic E-state index is 0.304. The maximum atomic E-state index is 10.8.